The third-order valence-electron chi connectivity index (χ3n) is 14.3. The van der Waals surface area contributed by atoms with E-state index in [4.69, 9.17) is 4.74 Å². The fraction of sp³-hybridized carbons (Fsp3) is 0.846. The molecule has 0 spiro atoms. The van der Waals surface area contributed by atoms with E-state index < -0.39 is 12.1 Å². The van der Waals surface area contributed by atoms with Crippen LogP contribution in [-0.2, 0) is 14.3 Å². The average Bonchev–Trinajstić information content (AvgIpc) is 3.37. The standard InChI is InChI=1S/C65H121NO5/c1-3-5-7-9-11-13-14-15-16-33-36-39-43-47-51-55-59-65(70)71-60-56-52-48-44-40-37-34-31-29-27-25-23-21-19-17-18-20-22-24-26-28-30-32-35-38-42-46-50-54-58-64(69)66-62(61-67)63(68)57-53-49-45-41-12-10-8-6-4-2/h13-14,16-17,19,33,53,57,62-63,67-68H,3-12,15,18,20-32,34-52,54-56,58-61H2,1-2H3,(H,66,69)/b14-13-,19-17-,33-16-,57-53+. The highest BCUT2D eigenvalue weighted by molar-refractivity contribution is 5.76. The molecular weight excluding hydrogens is 875 g/mol. The summed E-state index contributed by atoms with van der Waals surface area (Å²) in [5, 5.41) is 22.9. The number of ether oxygens (including phenoxy) is 1. The molecule has 6 heteroatoms. The molecule has 416 valence electrons. The topological polar surface area (TPSA) is 95.9 Å². The quantitative estimate of drug-likeness (QED) is 0.0321. The zero-order chi connectivity index (χ0) is 51.4. The summed E-state index contributed by atoms with van der Waals surface area (Å²) in [5.41, 5.74) is 0. The van der Waals surface area contributed by atoms with Gasteiger partial charge in [0.05, 0.1) is 25.4 Å². The molecule has 0 bridgehead atoms. The van der Waals surface area contributed by atoms with E-state index in [0.717, 1.165) is 51.4 Å². The first-order valence-corrected chi connectivity index (χ1v) is 31.4. The van der Waals surface area contributed by atoms with Gasteiger partial charge in [0, 0.05) is 12.8 Å². The van der Waals surface area contributed by atoms with E-state index in [1.807, 2.05) is 6.08 Å². The van der Waals surface area contributed by atoms with Gasteiger partial charge in [0.25, 0.3) is 0 Å². The van der Waals surface area contributed by atoms with Gasteiger partial charge in [-0.2, -0.15) is 0 Å². The summed E-state index contributed by atoms with van der Waals surface area (Å²) in [6, 6.07) is -0.625. The Bertz CT molecular complexity index is 1190. The number of hydrogen-bond donors (Lipinski definition) is 3. The van der Waals surface area contributed by atoms with Gasteiger partial charge in [0.2, 0.25) is 5.91 Å². The summed E-state index contributed by atoms with van der Waals surface area (Å²) in [5.74, 6) is -0.0676. The van der Waals surface area contributed by atoms with Crippen LogP contribution in [0.15, 0.2) is 48.6 Å². The van der Waals surface area contributed by atoms with E-state index >= 15 is 0 Å². The van der Waals surface area contributed by atoms with Crippen LogP contribution >= 0.6 is 0 Å². The minimum Gasteiger partial charge on any atom is -0.466 e. The molecule has 0 heterocycles. The minimum atomic E-state index is -0.842. The number of aliphatic hydroxyl groups is 2. The lowest BCUT2D eigenvalue weighted by atomic mass is 10.0. The second-order valence-corrected chi connectivity index (χ2v) is 21.4. The van der Waals surface area contributed by atoms with Gasteiger partial charge in [0.1, 0.15) is 0 Å². The molecule has 0 radical (unpaired) electrons. The Morgan fingerprint density at radius 3 is 1.10 bits per heavy atom. The molecule has 0 aromatic carbocycles. The number of nitrogens with one attached hydrogen (secondary N) is 1. The molecule has 1 amide bonds. The predicted molar refractivity (Wildman–Crippen MR) is 310 cm³/mol. The van der Waals surface area contributed by atoms with Crippen LogP contribution in [0.3, 0.4) is 0 Å². The van der Waals surface area contributed by atoms with E-state index in [1.54, 1.807) is 6.08 Å². The van der Waals surface area contributed by atoms with E-state index in [2.05, 4.69) is 55.6 Å². The van der Waals surface area contributed by atoms with Crippen molar-refractivity contribution in [3.8, 4) is 0 Å². The number of carbonyl (C=O) groups is 2. The normalized spacial score (nSPS) is 12.9. The minimum absolute atomic E-state index is 0.00223. The highest BCUT2D eigenvalue weighted by Crippen LogP contribution is 2.17. The van der Waals surface area contributed by atoms with E-state index in [9.17, 15) is 19.8 Å². The van der Waals surface area contributed by atoms with Gasteiger partial charge in [-0.25, -0.2) is 0 Å². The van der Waals surface area contributed by atoms with Crippen molar-refractivity contribution >= 4 is 11.9 Å². The van der Waals surface area contributed by atoms with Crippen LogP contribution in [0.4, 0.5) is 0 Å². The van der Waals surface area contributed by atoms with Crippen molar-refractivity contribution in [2.24, 2.45) is 0 Å². The molecule has 0 saturated heterocycles. The molecular formula is C65H121NO5. The van der Waals surface area contributed by atoms with Gasteiger partial charge in [-0.1, -0.05) is 274 Å². The van der Waals surface area contributed by atoms with E-state index in [0.29, 0.717) is 19.4 Å². The maximum atomic E-state index is 12.4. The van der Waals surface area contributed by atoms with Crippen LogP contribution < -0.4 is 5.32 Å². The smallest absolute Gasteiger partial charge is 0.305 e. The first-order valence-electron chi connectivity index (χ1n) is 31.4. The Morgan fingerprint density at radius 2 is 0.704 bits per heavy atom. The molecule has 0 aromatic rings. The SMILES string of the molecule is CCCCCC/C=C\C/C=C\CCCCCCCC(=O)OCCCCCCCCCCCCCC/C=C\CCCCCCCCCCCCCCCC(=O)NC(CO)C(O)/C=C/CCCCCCCCC. The van der Waals surface area contributed by atoms with Crippen LogP contribution in [0.25, 0.3) is 0 Å². The largest absolute Gasteiger partial charge is 0.466 e. The number of rotatable bonds is 58. The molecule has 0 rings (SSSR count). The summed E-state index contributed by atoms with van der Waals surface area (Å²) in [6.45, 7) is 4.86. The Balaban J connectivity index is 3.36. The van der Waals surface area contributed by atoms with Gasteiger partial charge in [0.15, 0.2) is 0 Å². The number of allylic oxidation sites excluding steroid dienone is 7. The number of unbranched alkanes of at least 4 members (excludes halogenated alkanes) is 41. The lowest BCUT2D eigenvalue weighted by molar-refractivity contribution is -0.143. The molecule has 0 fully saturated rings. The fourth-order valence-electron chi connectivity index (χ4n) is 9.48. The third-order valence-corrected chi connectivity index (χ3v) is 14.3. The number of aliphatic hydroxyl groups excluding tert-OH is 2. The molecule has 0 aliphatic carbocycles. The summed E-state index contributed by atoms with van der Waals surface area (Å²) in [4.78, 5) is 24.5. The first-order chi connectivity index (χ1) is 35.0. The Hall–Kier alpha value is -2.18. The maximum absolute atomic E-state index is 12.4. The Kier molecular flexibility index (Phi) is 58.5. The summed E-state index contributed by atoms with van der Waals surface area (Å²) >= 11 is 0. The molecule has 2 unspecified atom stereocenters. The van der Waals surface area contributed by atoms with Gasteiger partial charge in [-0.3, -0.25) is 9.59 Å². The monoisotopic (exact) mass is 996 g/mol. The number of hydrogen-bond acceptors (Lipinski definition) is 5. The van der Waals surface area contributed by atoms with Crippen LogP contribution in [0, 0.1) is 0 Å². The summed E-state index contributed by atoms with van der Waals surface area (Å²) in [6.07, 6.45) is 77.5. The molecule has 2 atom stereocenters. The van der Waals surface area contributed by atoms with Crippen LogP contribution in [0.2, 0.25) is 0 Å². The molecule has 3 N–H and O–H groups in total. The number of amides is 1. The fourth-order valence-corrected chi connectivity index (χ4v) is 9.48. The van der Waals surface area contributed by atoms with Crippen molar-refractivity contribution in [1.82, 2.24) is 5.32 Å². The van der Waals surface area contributed by atoms with Gasteiger partial charge < -0.3 is 20.3 Å². The zero-order valence-corrected chi connectivity index (χ0v) is 47.5. The number of carbonyl (C=O) groups excluding carboxylic acids is 2. The van der Waals surface area contributed by atoms with Crippen molar-refractivity contribution in [3.05, 3.63) is 48.6 Å². The zero-order valence-electron chi connectivity index (χ0n) is 47.5. The van der Waals surface area contributed by atoms with Gasteiger partial charge in [-0.15, -0.1) is 0 Å². The lowest BCUT2D eigenvalue weighted by Crippen LogP contribution is -2.45. The second-order valence-electron chi connectivity index (χ2n) is 21.4. The van der Waals surface area contributed by atoms with E-state index in [-0.39, 0.29) is 18.5 Å². The lowest BCUT2D eigenvalue weighted by Gasteiger charge is -2.20. The molecule has 6 nitrogen and oxygen atoms in total. The van der Waals surface area contributed by atoms with Crippen molar-refractivity contribution in [3.63, 3.8) is 0 Å². The summed E-state index contributed by atoms with van der Waals surface area (Å²) in [7, 11) is 0. The summed E-state index contributed by atoms with van der Waals surface area (Å²) < 4.78 is 5.48. The highest BCUT2D eigenvalue weighted by atomic mass is 16.5. The second kappa shape index (κ2) is 60.4. The van der Waals surface area contributed by atoms with Crippen molar-refractivity contribution in [2.75, 3.05) is 13.2 Å². The van der Waals surface area contributed by atoms with Crippen molar-refractivity contribution < 1.29 is 24.5 Å². The average molecular weight is 997 g/mol. The molecule has 0 aliphatic rings. The molecule has 0 aromatic heterocycles. The number of esters is 1. The van der Waals surface area contributed by atoms with Crippen LogP contribution in [0.1, 0.15) is 328 Å². The Morgan fingerprint density at radius 1 is 0.394 bits per heavy atom. The van der Waals surface area contributed by atoms with Gasteiger partial charge >= 0.3 is 5.97 Å². The molecule has 71 heavy (non-hydrogen) atoms. The van der Waals surface area contributed by atoms with Crippen molar-refractivity contribution in [2.45, 2.75) is 341 Å². The first kappa shape index (κ1) is 68.8. The highest BCUT2D eigenvalue weighted by Gasteiger charge is 2.18. The predicted octanol–water partition coefficient (Wildman–Crippen LogP) is 19.7. The van der Waals surface area contributed by atoms with Gasteiger partial charge in [-0.05, 0) is 89.9 Å². The Labute approximate surface area is 442 Å². The van der Waals surface area contributed by atoms with E-state index in [1.165, 1.54) is 250 Å². The molecule has 0 saturated carbocycles. The van der Waals surface area contributed by atoms with Crippen LogP contribution in [0.5, 0.6) is 0 Å². The van der Waals surface area contributed by atoms with Crippen LogP contribution in [-0.4, -0.2) is 47.4 Å². The third kappa shape index (κ3) is 57.0. The maximum Gasteiger partial charge on any atom is 0.305 e. The van der Waals surface area contributed by atoms with Crippen molar-refractivity contribution in [1.29, 1.82) is 0 Å². The molecule has 0 aliphatic heterocycles.